The Balaban J connectivity index is 2.25. The van der Waals surface area contributed by atoms with Crippen LogP contribution in [0, 0.1) is 0 Å². The van der Waals surface area contributed by atoms with Gasteiger partial charge in [0, 0.05) is 5.02 Å². The van der Waals surface area contributed by atoms with Gasteiger partial charge in [0.05, 0.1) is 11.9 Å². The average molecular weight is 407 g/mol. The summed E-state index contributed by atoms with van der Waals surface area (Å²) in [7, 11) is -3.67. The van der Waals surface area contributed by atoms with E-state index in [2.05, 4.69) is 15.5 Å². The van der Waals surface area contributed by atoms with Crippen molar-refractivity contribution in [3.63, 3.8) is 0 Å². The molecule has 0 saturated heterocycles. The van der Waals surface area contributed by atoms with Crippen molar-refractivity contribution in [3.8, 4) is 0 Å². The first-order valence-corrected chi connectivity index (χ1v) is 10.9. The topological polar surface area (TPSA) is 92.3 Å². The smallest absolute Gasteiger partial charge is 0.249 e. The third-order valence-corrected chi connectivity index (χ3v) is 6.29. The Morgan fingerprint density at radius 1 is 1.33 bits per heavy atom. The van der Waals surface area contributed by atoms with Crippen LogP contribution in [0.4, 0.5) is 10.8 Å². The van der Waals surface area contributed by atoms with Crippen LogP contribution in [0.25, 0.3) is 0 Å². The molecule has 24 heavy (non-hydrogen) atoms. The molecule has 0 aliphatic carbocycles. The minimum atomic E-state index is -3.67. The second-order valence-electron chi connectivity index (χ2n) is 4.78. The lowest BCUT2D eigenvalue weighted by Gasteiger charge is -2.27. The van der Waals surface area contributed by atoms with Crippen molar-refractivity contribution in [2.45, 2.75) is 17.3 Å². The number of nitrogens with zero attached hydrogens (tertiary/aromatic N) is 3. The predicted molar refractivity (Wildman–Crippen MR) is 98.6 cm³/mol. The molecule has 1 amide bonds. The van der Waals surface area contributed by atoms with E-state index in [9.17, 15) is 13.2 Å². The van der Waals surface area contributed by atoms with Crippen LogP contribution in [0.15, 0.2) is 28.6 Å². The van der Waals surface area contributed by atoms with Crippen LogP contribution in [0.3, 0.4) is 0 Å². The number of halogens is 1. The minimum absolute atomic E-state index is 0.320. The summed E-state index contributed by atoms with van der Waals surface area (Å²) in [6.45, 7) is 1.50. The van der Waals surface area contributed by atoms with Gasteiger partial charge in [0.25, 0.3) is 0 Å². The highest BCUT2D eigenvalue weighted by atomic mass is 35.5. The SMILES string of the molecule is CSc1nnc(NC(=O)[C@@H](C)N(c2ccc(Cl)cc2)S(C)(=O)=O)s1. The van der Waals surface area contributed by atoms with Gasteiger partial charge in [0.15, 0.2) is 4.34 Å². The van der Waals surface area contributed by atoms with Crippen molar-refractivity contribution in [3.05, 3.63) is 29.3 Å². The van der Waals surface area contributed by atoms with Crippen LogP contribution in [0.2, 0.25) is 5.02 Å². The van der Waals surface area contributed by atoms with Gasteiger partial charge in [-0.3, -0.25) is 14.4 Å². The molecule has 130 valence electrons. The van der Waals surface area contributed by atoms with Crippen LogP contribution in [0.1, 0.15) is 6.92 Å². The Labute approximate surface area is 153 Å². The van der Waals surface area contributed by atoms with Crippen LogP contribution in [0.5, 0.6) is 0 Å². The van der Waals surface area contributed by atoms with Gasteiger partial charge >= 0.3 is 0 Å². The number of nitrogens with one attached hydrogen (secondary N) is 1. The van der Waals surface area contributed by atoms with Crippen molar-refractivity contribution in [2.24, 2.45) is 0 Å². The molecular weight excluding hydrogens is 392 g/mol. The molecule has 0 bridgehead atoms. The molecule has 0 radical (unpaired) electrons. The van der Waals surface area contributed by atoms with Crippen molar-refractivity contribution >= 4 is 61.4 Å². The van der Waals surface area contributed by atoms with Gasteiger partial charge in [-0.15, -0.1) is 10.2 Å². The zero-order valence-corrected chi connectivity index (χ0v) is 16.3. The number of hydrogen-bond donors (Lipinski definition) is 1. The Morgan fingerprint density at radius 2 is 1.96 bits per heavy atom. The van der Waals surface area contributed by atoms with Gasteiger partial charge in [0.1, 0.15) is 6.04 Å². The zero-order chi connectivity index (χ0) is 17.9. The molecule has 2 aromatic rings. The Kier molecular flexibility index (Phi) is 6.07. The molecular formula is C13H15ClN4O3S3. The summed E-state index contributed by atoms with van der Waals surface area (Å²) in [6.07, 6.45) is 2.89. The Hall–Kier alpha value is -1.36. The lowest BCUT2D eigenvalue weighted by Crippen LogP contribution is -2.45. The van der Waals surface area contributed by atoms with Crippen molar-refractivity contribution < 1.29 is 13.2 Å². The maximum atomic E-state index is 12.4. The van der Waals surface area contributed by atoms with Crippen LogP contribution in [-0.4, -0.2) is 43.1 Å². The molecule has 1 aromatic heterocycles. The lowest BCUT2D eigenvalue weighted by atomic mass is 10.2. The molecule has 0 spiro atoms. The second-order valence-corrected chi connectivity index (χ2v) is 9.10. The first-order chi connectivity index (χ1) is 11.2. The molecule has 1 N–H and O–H groups in total. The summed E-state index contributed by atoms with van der Waals surface area (Å²) in [6, 6.07) is 5.25. The van der Waals surface area contributed by atoms with E-state index in [1.165, 1.54) is 30.0 Å². The highest BCUT2D eigenvalue weighted by Crippen LogP contribution is 2.25. The number of sulfonamides is 1. The average Bonchev–Trinajstić information content (AvgIpc) is 2.95. The van der Waals surface area contributed by atoms with Gasteiger partial charge in [-0.25, -0.2) is 8.42 Å². The van der Waals surface area contributed by atoms with Crippen molar-refractivity contribution in [2.75, 3.05) is 22.1 Å². The first-order valence-electron chi connectivity index (χ1n) is 6.65. The number of amides is 1. The van der Waals surface area contributed by atoms with E-state index in [-0.39, 0.29) is 0 Å². The number of aromatic nitrogens is 2. The fraction of sp³-hybridized carbons (Fsp3) is 0.308. The van der Waals surface area contributed by atoms with E-state index in [4.69, 9.17) is 11.6 Å². The molecule has 2 rings (SSSR count). The van der Waals surface area contributed by atoms with E-state index in [0.717, 1.165) is 10.6 Å². The number of thioether (sulfide) groups is 1. The standard InChI is InChI=1S/C13H15ClN4O3S3/c1-8(11(19)15-12-16-17-13(22-2)23-12)18(24(3,20)21)10-6-4-9(14)5-7-10/h4-8H,1-3H3,(H,15,16,19)/t8-/m1/s1. The molecule has 1 heterocycles. The Morgan fingerprint density at radius 3 is 2.46 bits per heavy atom. The van der Waals surface area contributed by atoms with E-state index in [1.807, 2.05) is 6.26 Å². The fourth-order valence-corrected chi connectivity index (χ4v) is 4.42. The number of rotatable bonds is 6. The third kappa shape index (κ3) is 4.59. The molecule has 7 nitrogen and oxygen atoms in total. The number of carbonyl (C=O) groups is 1. The number of anilines is 2. The van der Waals surface area contributed by atoms with Gasteiger partial charge in [-0.05, 0) is 37.4 Å². The van der Waals surface area contributed by atoms with E-state index < -0.39 is 22.0 Å². The maximum absolute atomic E-state index is 12.4. The highest BCUT2D eigenvalue weighted by Gasteiger charge is 2.29. The van der Waals surface area contributed by atoms with E-state index >= 15 is 0 Å². The molecule has 0 saturated carbocycles. The summed E-state index contributed by atoms with van der Waals surface area (Å²) >= 11 is 8.46. The highest BCUT2D eigenvalue weighted by molar-refractivity contribution is 8.00. The number of hydrogen-bond acceptors (Lipinski definition) is 7. The maximum Gasteiger partial charge on any atom is 0.249 e. The second kappa shape index (κ2) is 7.68. The van der Waals surface area contributed by atoms with Gasteiger partial charge < -0.3 is 0 Å². The van der Waals surface area contributed by atoms with Crippen molar-refractivity contribution in [1.82, 2.24) is 10.2 Å². The molecule has 0 aliphatic heterocycles. The fourth-order valence-electron chi connectivity index (χ4n) is 1.95. The van der Waals surface area contributed by atoms with Crippen LogP contribution in [-0.2, 0) is 14.8 Å². The summed E-state index contributed by atoms with van der Waals surface area (Å²) < 4.78 is 26.0. The molecule has 0 aliphatic rings. The Bertz CT molecular complexity index is 823. The first kappa shape index (κ1) is 19.0. The van der Waals surface area contributed by atoms with Gasteiger partial charge in [-0.1, -0.05) is 34.7 Å². The summed E-state index contributed by atoms with van der Waals surface area (Å²) in [5.74, 6) is -0.501. The third-order valence-electron chi connectivity index (χ3n) is 2.98. The number of carbonyl (C=O) groups excluding carboxylic acids is 1. The molecule has 0 fully saturated rings. The number of benzene rings is 1. The lowest BCUT2D eigenvalue weighted by molar-refractivity contribution is -0.116. The molecule has 1 aromatic carbocycles. The van der Waals surface area contributed by atoms with E-state index in [1.54, 1.807) is 24.3 Å². The normalized spacial score (nSPS) is 12.7. The van der Waals surface area contributed by atoms with Gasteiger partial charge in [0.2, 0.25) is 21.1 Å². The van der Waals surface area contributed by atoms with Crippen LogP contribution >= 0.6 is 34.7 Å². The monoisotopic (exact) mass is 406 g/mol. The van der Waals surface area contributed by atoms with E-state index in [0.29, 0.717) is 20.2 Å². The quantitative estimate of drug-likeness (QED) is 0.585. The molecule has 1 atom stereocenters. The van der Waals surface area contributed by atoms with Crippen LogP contribution < -0.4 is 9.62 Å². The van der Waals surface area contributed by atoms with Crippen molar-refractivity contribution in [1.29, 1.82) is 0 Å². The molecule has 0 unspecified atom stereocenters. The minimum Gasteiger partial charge on any atom is -0.299 e. The summed E-state index contributed by atoms with van der Waals surface area (Å²) in [5, 5.41) is 11.1. The zero-order valence-electron chi connectivity index (χ0n) is 13.1. The summed E-state index contributed by atoms with van der Waals surface area (Å²) in [5.41, 5.74) is 0.353. The largest absolute Gasteiger partial charge is 0.299 e. The predicted octanol–water partition coefficient (Wildman–Crippen LogP) is 2.71. The molecule has 11 heteroatoms. The van der Waals surface area contributed by atoms with Gasteiger partial charge in [-0.2, -0.15) is 0 Å². The summed E-state index contributed by atoms with van der Waals surface area (Å²) in [4.78, 5) is 12.4.